The van der Waals surface area contributed by atoms with E-state index < -0.39 is 33.4 Å². The van der Waals surface area contributed by atoms with E-state index in [1.54, 1.807) is 43.1 Å². The minimum Gasteiger partial charge on any atom is -0.394 e. The summed E-state index contributed by atoms with van der Waals surface area (Å²) in [4.78, 5) is 42.7. The zero-order chi connectivity index (χ0) is 25.0. The summed E-state index contributed by atoms with van der Waals surface area (Å²) in [6.07, 6.45) is 1.35. The number of anilines is 1. The first-order valence-corrected chi connectivity index (χ1v) is 12.9. The van der Waals surface area contributed by atoms with Gasteiger partial charge in [-0.2, -0.15) is 0 Å². The summed E-state index contributed by atoms with van der Waals surface area (Å²) in [6, 6.07) is 14.6. The van der Waals surface area contributed by atoms with Gasteiger partial charge in [-0.3, -0.25) is 14.4 Å². The molecular formula is C26H28ClN3O4S. The van der Waals surface area contributed by atoms with Crippen LogP contribution in [0.4, 0.5) is 5.69 Å². The molecule has 2 unspecified atom stereocenters. The number of aliphatic hydroxyl groups excluding tert-OH is 1. The third kappa shape index (κ3) is 3.57. The summed E-state index contributed by atoms with van der Waals surface area (Å²) in [5.41, 5.74) is 1.19. The van der Waals surface area contributed by atoms with Crippen LogP contribution < -0.4 is 10.6 Å². The first kappa shape index (κ1) is 24.2. The van der Waals surface area contributed by atoms with Crippen LogP contribution in [0, 0.1) is 11.8 Å². The third-order valence-electron chi connectivity index (χ3n) is 7.82. The van der Waals surface area contributed by atoms with Crippen LogP contribution in [0.2, 0.25) is 5.02 Å². The number of hydrogen-bond acceptors (Lipinski definition) is 5. The molecule has 3 fully saturated rings. The molecule has 2 aromatic rings. The van der Waals surface area contributed by atoms with Gasteiger partial charge in [0.2, 0.25) is 17.7 Å². The highest BCUT2D eigenvalue weighted by molar-refractivity contribution is 8.02. The Labute approximate surface area is 213 Å². The van der Waals surface area contributed by atoms with E-state index in [-0.39, 0.29) is 24.3 Å². The lowest BCUT2D eigenvalue weighted by Gasteiger charge is -2.37. The maximum absolute atomic E-state index is 14.2. The number of likely N-dealkylation sites (tertiary alicyclic amines) is 1. The number of aliphatic hydroxyl groups is 1. The predicted molar refractivity (Wildman–Crippen MR) is 136 cm³/mol. The van der Waals surface area contributed by atoms with Gasteiger partial charge in [-0.1, -0.05) is 54.1 Å². The van der Waals surface area contributed by atoms with Gasteiger partial charge < -0.3 is 20.6 Å². The van der Waals surface area contributed by atoms with Crippen LogP contribution in [-0.4, -0.2) is 56.9 Å². The van der Waals surface area contributed by atoms with Crippen LogP contribution in [0.25, 0.3) is 0 Å². The molecule has 0 saturated carbocycles. The van der Waals surface area contributed by atoms with Crippen molar-refractivity contribution < 1.29 is 19.5 Å². The zero-order valence-electron chi connectivity index (χ0n) is 19.5. The molecule has 0 aliphatic carbocycles. The molecule has 5 rings (SSSR count). The molecular weight excluding hydrogens is 486 g/mol. The van der Waals surface area contributed by atoms with Crippen LogP contribution in [0.3, 0.4) is 0 Å². The lowest BCUT2D eigenvalue weighted by molar-refractivity contribution is -0.142. The van der Waals surface area contributed by atoms with Gasteiger partial charge in [0.05, 0.1) is 39.9 Å². The SMILES string of the molecule is CNC(=O)[C@H]1[C@H]2C(=O)N([C@H](CO)c3ccccc3)C(C(=O)Nc3ccccc3Cl)C23CC[C@]1(C)S3. The van der Waals surface area contributed by atoms with Gasteiger partial charge in [-0.15, -0.1) is 11.8 Å². The molecule has 3 heterocycles. The van der Waals surface area contributed by atoms with E-state index in [1.165, 1.54) is 4.90 Å². The van der Waals surface area contributed by atoms with Crippen molar-refractivity contribution in [2.75, 3.05) is 19.0 Å². The van der Waals surface area contributed by atoms with Crippen molar-refractivity contribution in [1.82, 2.24) is 10.2 Å². The summed E-state index contributed by atoms with van der Waals surface area (Å²) in [5.74, 6) is -2.04. The third-order valence-corrected chi connectivity index (χ3v) is 10.1. The summed E-state index contributed by atoms with van der Waals surface area (Å²) < 4.78 is -1.23. The Morgan fingerprint density at radius 3 is 2.49 bits per heavy atom. The van der Waals surface area contributed by atoms with E-state index in [9.17, 15) is 19.5 Å². The minimum atomic E-state index is -0.880. The Morgan fingerprint density at radius 1 is 1.14 bits per heavy atom. The Balaban J connectivity index is 1.63. The van der Waals surface area contributed by atoms with Gasteiger partial charge in [-0.25, -0.2) is 0 Å². The van der Waals surface area contributed by atoms with Crippen LogP contribution in [0.5, 0.6) is 0 Å². The Hall–Kier alpha value is -2.55. The summed E-state index contributed by atoms with van der Waals surface area (Å²) in [7, 11) is 1.58. The zero-order valence-corrected chi connectivity index (χ0v) is 21.1. The molecule has 3 aliphatic heterocycles. The average molecular weight is 514 g/mol. The highest BCUT2D eigenvalue weighted by Gasteiger charge is 2.77. The molecule has 6 atom stereocenters. The van der Waals surface area contributed by atoms with Gasteiger partial charge in [-0.05, 0) is 37.5 Å². The van der Waals surface area contributed by atoms with Gasteiger partial charge in [0.25, 0.3) is 0 Å². The van der Waals surface area contributed by atoms with Crippen molar-refractivity contribution in [3.8, 4) is 0 Å². The molecule has 7 nitrogen and oxygen atoms in total. The van der Waals surface area contributed by atoms with Crippen molar-refractivity contribution in [2.45, 2.75) is 41.3 Å². The second-order valence-electron chi connectivity index (χ2n) is 9.67. The normalized spacial score (nSPS) is 31.8. The Bertz CT molecular complexity index is 1180. The van der Waals surface area contributed by atoms with E-state index in [4.69, 9.17) is 11.6 Å². The van der Waals surface area contributed by atoms with Crippen LogP contribution in [0.1, 0.15) is 31.4 Å². The van der Waals surface area contributed by atoms with Crippen molar-refractivity contribution in [3.05, 3.63) is 65.2 Å². The number of hydrogen-bond donors (Lipinski definition) is 3. The van der Waals surface area contributed by atoms with Gasteiger partial charge >= 0.3 is 0 Å². The number of thioether (sulfide) groups is 1. The number of nitrogens with one attached hydrogen (secondary N) is 2. The van der Waals surface area contributed by atoms with E-state index >= 15 is 0 Å². The molecule has 2 aromatic carbocycles. The number of fused-ring (bicyclic) bond motifs is 1. The number of rotatable bonds is 6. The molecule has 9 heteroatoms. The fourth-order valence-electron chi connectivity index (χ4n) is 6.35. The van der Waals surface area contributed by atoms with Crippen molar-refractivity contribution >= 4 is 46.8 Å². The van der Waals surface area contributed by atoms with E-state index in [0.717, 1.165) is 12.0 Å². The topological polar surface area (TPSA) is 98.7 Å². The monoisotopic (exact) mass is 513 g/mol. The first-order valence-electron chi connectivity index (χ1n) is 11.7. The standard InChI is InChI=1S/C26H28ClN3O4S/c1-25-12-13-26(35-25)20(19(25)22(32)28-2)24(34)30(18(14-31)15-8-4-3-5-9-15)21(26)23(33)29-17-11-7-6-10-16(17)27/h3-11,18-21,31H,12-14H2,1-2H3,(H,28,32)(H,29,33)/t18-,19-,20+,21?,25+,26?/m1/s1. The number of para-hydroxylation sites is 1. The van der Waals surface area contributed by atoms with E-state index in [1.807, 2.05) is 37.3 Å². The fraction of sp³-hybridized carbons (Fsp3) is 0.423. The second kappa shape index (κ2) is 8.84. The molecule has 3 N–H and O–H groups in total. The molecule has 0 radical (unpaired) electrons. The highest BCUT2D eigenvalue weighted by atomic mass is 35.5. The molecule has 3 saturated heterocycles. The molecule has 2 bridgehead atoms. The lowest BCUT2D eigenvalue weighted by atomic mass is 9.66. The van der Waals surface area contributed by atoms with E-state index in [2.05, 4.69) is 10.6 Å². The van der Waals surface area contributed by atoms with Gasteiger partial charge in [0.1, 0.15) is 6.04 Å². The summed E-state index contributed by atoms with van der Waals surface area (Å²) >= 11 is 7.91. The number of halogens is 1. The van der Waals surface area contributed by atoms with Crippen molar-refractivity contribution in [1.29, 1.82) is 0 Å². The molecule has 3 amide bonds. The van der Waals surface area contributed by atoms with Crippen LogP contribution in [0.15, 0.2) is 54.6 Å². The molecule has 35 heavy (non-hydrogen) atoms. The Kier molecular flexibility index (Phi) is 6.10. The number of benzene rings is 2. The molecule has 184 valence electrons. The van der Waals surface area contributed by atoms with Crippen LogP contribution >= 0.6 is 23.4 Å². The van der Waals surface area contributed by atoms with Crippen molar-refractivity contribution in [3.63, 3.8) is 0 Å². The first-order chi connectivity index (χ1) is 16.8. The van der Waals surface area contributed by atoms with Crippen molar-refractivity contribution in [2.24, 2.45) is 11.8 Å². The van der Waals surface area contributed by atoms with E-state index in [0.29, 0.717) is 17.1 Å². The highest BCUT2D eigenvalue weighted by Crippen LogP contribution is 2.72. The molecule has 3 aliphatic rings. The summed E-state index contributed by atoms with van der Waals surface area (Å²) in [6.45, 7) is 1.67. The minimum absolute atomic E-state index is 0.188. The average Bonchev–Trinajstić information content (AvgIpc) is 3.42. The molecule has 1 spiro atoms. The van der Waals surface area contributed by atoms with Gasteiger partial charge in [0, 0.05) is 11.8 Å². The Morgan fingerprint density at radius 2 is 1.83 bits per heavy atom. The van der Waals surface area contributed by atoms with Gasteiger partial charge in [0.15, 0.2) is 0 Å². The molecule has 0 aromatic heterocycles. The van der Waals surface area contributed by atoms with Crippen LogP contribution in [-0.2, 0) is 14.4 Å². The quantitative estimate of drug-likeness (QED) is 0.551. The number of carbonyl (C=O) groups is 3. The fourth-order valence-corrected chi connectivity index (χ4v) is 8.87. The number of nitrogens with zero attached hydrogens (tertiary/aromatic N) is 1. The maximum atomic E-state index is 14.2. The predicted octanol–water partition coefficient (Wildman–Crippen LogP) is 3.24. The second-order valence-corrected chi connectivity index (χ2v) is 12.0. The number of amides is 3. The maximum Gasteiger partial charge on any atom is 0.248 e. The largest absolute Gasteiger partial charge is 0.394 e. The lowest BCUT2D eigenvalue weighted by Crippen LogP contribution is -2.52. The number of carbonyl (C=O) groups excluding carboxylic acids is 3. The smallest absolute Gasteiger partial charge is 0.248 e. The summed E-state index contributed by atoms with van der Waals surface area (Å²) in [5, 5.41) is 16.5.